The van der Waals surface area contributed by atoms with Gasteiger partial charge in [-0.1, -0.05) is 23.2 Å². The summed E-state index contributed by atoms with van der Waals surface area (Å²) >= 11 is 5.93. The van der Waals surface area contributed by atoms with Crippen LogP contribution in [0.4, 0.5) is 5.69 Å². The standard InChI is InChI=1S/C12H15ClN3/c1-4-12-14-8-16(15(12)3)11-6-5-10(13)7-9(11)2/h5-8,12H,3-4H2,1-2H3/q+1. The predicted octanol–water partition coefficient (Wildman–Crippen LogP) is 2.86. The fraction of sp³-hybridized carbons (Fsp3) is 0.333. The Kier molecular flexibility index (Phi) is 2.97. The zero-order valence-electron chi connectivity index (χ0n) is 9.52. The molecule has 0 amide bonds. The third-order valence-electron chi connectivity index (χ3n) is 2.74. The van der Waals surface area contributed by atoms with Crippen LogP contribution in [0.3, 0.4) is 0 Å². The quantitative estimate of drug-likeness (QED) is 0.723. The molecule has 0 spiro atoms. The summed E-state index contributed by atoms with van der Waals surface area (Å²) in [5.74, 6) is 0. The van der Waals surface area contributed by atoms with Gasteiger partial charge in [0.2, 0.25) is 0 Å². The molecule has 0 radical (unpaired) electrons. The summed E-state index contributed by atoms with van der Waals surface area (Å²) in [7, 11) is 0. The Morgan fingerprint density at radius 3 is 2.88 bits per heavy atom. The van der Waals surface area contributed by atoms with Crippen molar-refractivity contribution in [3.05, 3.63) is 28.8 Å². The molecule has 1 unspecified atom stereocenters. The Balaban J connectivity index is 2.33. The maximum atomic E-state index is 5.93. The minimum atomic E-state index is 0.134. The minimum absolute atomic E-state index is 0.134. The highest BCUT2D eigenvalue weighted by atomic mass is 35.5. The first-order chi connectivity index (χ1) is 7.63. The number of hydrazone groups is 1. The largest absolute Gasteiger partial charge is 0.275 e. The van der Waals surface area contributed by atoms with Gasteiger partial charge in [0.1, 0.15) is 5.69 Å². The van der Waals surface area contributed by atoms with Crippen LogP contribution in [0.1, 0.15) is 18.9 Å². The summed E-state index contributed by atoms with van der Waals surface area (Å²) < 4.78 is 1.89. The van der Waals surface area contributed by atoms with Crippen molar-refractivity contribution in [1.29, 1.82) is 0 Å². The first-order valence-electron chi connectivity index (χ1n) is 5.32. The van der Waals surface area contributed by atoms with Gasteiger partial charge in [0.05, 0.1) is 0 Å². The number of nitrogens with zero attached hydrogens (tertiary/aromatic N) is 3. The molecular formula is C12H15ClN3+. The van der Waals surface area contributed by atoms with E-state index >= 15 is 0 Å². The van der Waals surface area contributed by atoms with Crippen LogP contribution in [0.2, 0.25) is 5.02 Å². The number of rotatable bonds is 2. The number of hydrogen-bond acceptors (Lipinski definition) is 2. The zero-order chi connectivity index (χ0) is 11.7. The molecule has 1 aliphatic rings. The Morgan fingerprint density at radius 1 is 1.56 bits per heavy atom. The van der Waals surface area contributed by atoms with E-state index in [1.54, 1.807) is 0 Å². The summed E-state index contributed by atoms with van der Waals surface area (Å²) in [6, 6.07) is 5.81. The van der Waals surface area contributed by atoms with Crippen molar-refractivity contribution in [3.63, 3.8) is 0 Å². The summed E-state index contributed by atoms with van der Waals surface area (Å²) in [6.07, 6.45) is 2.90. The second-order valence-electron chi connectivity index (χ2n) is 3.87. The monoisotopic (exact) mass is 236 g/mol. The highest BCUT2D eigenvalue weighted by molar-refractivity contribution is 6.30. The molecule has 2 rings (SSSR count). The molecule has 0 bridgehead atoms. The first-order valence-corrected chi connectivity index (χ1v) is 5.69. The van der Waals surface area contributed by atoms with E-state index in [1.165, 1.54) is 0 Å². The lowest BCUT2D eigenvalue weighted by molar-refractivity contribution is -0.547. The van der Waals surface area contributed by atoms with E-state index in [0.717, 1.165) is 22.7 Å². The number of benzene rings is 1. The van der Waals surface area contributed by atoms with E-state index in [4.69, 9.17) is 11.6 Å². The fourth-order valence-electron chi connectivity index (χ4n) is 1.82. The second kappa shape index (κ2) is 4.26. The molecule has 0 saturated carbocycles. The molecule has 3 nitrogen and oxygen atoms in total. The van der Waals surface area contributed by atoms with Crippen molar-refractivity contribution < 1.29 is 4.68 Å². The van der Waals surface area contributed by atoms with Crippen LogP contribution in [0.5, 0.6) is 0 Å². The molecule has 1 aromatic carbocycles. The average molecular weight is 237 g/mol. The van der Waals surface area contributed by atoms with E-state index in [1.807, 2.05) is 41.2 Å². The van der Waals surface area contributed by atoms with E-state index in [0.29, 0.717) is 0 Å². The Hall–Kier alpha value is -1.35. The second-order valence-corrected chi connectivity index (χ2v) is 4.30. The number of aryl methyl sites for hydroxylation is 1. The minimum Gasteiger partial charge on any atom is -0.199 e. The van der Waals surface area contributed by atoms with Crippen LogP contribution in [0.15, 0.2) is 23.2 Å². The van der Waals surface area contributed by atoms with Gasteiger partial charge in [-0.15, -0.1) is 5.01 Å². The molecule has 0 aromatic heterocycles. The normalized spacial score (nSPS) is 19.6. The van der Waals surface area contributed by atoms with Gasteiger partial charge in [0.25, 0.3) is 6.17 Å². The maximum Gasteiger partial charge on any atom is 0.275 e. The highest BCUT2D eigenvalue weighted by Gasteiger charge is 2.29. The van der Waals surface area contributed by atoms with Crippen LogP contribution in [0, 0.1) is 6.92 Å². The van der Waals surface area contributed by atoms with Gasteiger partial charge in [0, 0.05) is 11.4 Å². The molecule has 1 atom stereocenters. The van der Waals surface area contributed by atoms with Gasteiger partial charge in [-0.05, 0) is 30.7 Å². The van der Waals surface area contributed by atoms with Crippen LogP contribution in [0.25, 0.3) is 0 Å². The number of aliphatic imine (C=N–C) groups is 1. The topological polar surface area (TPSA) is 18.6 Å². The number of anilines is 1. The van der Waals surface area contributed by atoms with Crippen LogP contribution < -0.4 is 5.01 Å². The van der Waals surface area contributed by atoms with Gasteiger partial charge in [0.15, 0.2) is 13.1 Å². The Labute approximate surface area is 101 Å². The van der Waals surface area contributed by atoms with Crippen molar-refractivity contribution >= 4 is 30.3 Å². The lowest BCUT2D eigenvalue weighted by Gasteiger charge is -2.14. The Bertz CT molecular complexity index is 454. The highest BCUT2D eigenvalue weighted by Crippen LogP contribution is 2.25. The van der Waals surface area contributed by atoms with Crippen molar-refractivity contribution in [2.75, 3.05) is 5.01 Å². The first kappa shape index (κ1) is 11.1. The lowest BCUT2D eigenvalue weighted by Crippen LogP contribution is -2.33. The predicted molar refractivity (Wildman–Crippen MR) is 68.6 cm³/mol. The fourth-order valence-corrected chi connectivity index (χ4v) is 2.05. The molecule has 0 aliphatic carbocycles. The smallest absolute Gasteiger partial charge is 0.199 e. The molecule has 1 aliphatic heterocycles. The lowest BCUT2D eigenvalue weighted by atomic mass is 10.2. The van der Waals surface area contributed by atoms with E-state index in [2.05, 4.69) is 18.6 Å². The number of hydrazine groups is 1. The number of hydrogen-bond donors (Lipinski definition) is 0. The van der Waals surface area contributed by atoms with E-state index in [9.17, 15) is 0 Å². The van der Waals surface area contributed by atoms with Gasteiger partial charge in [-0.2, -0.15) is 4.99 Å². The van der Waals surface area contributed by atoms with Crippen molar-refractivity contribution in [1.82, 2.24) is 0 Å². The summed E-state index contributed by atoms with van der Waals surface area (Å²) in [4.78, 5) is 4.39. The molecule has 16 heavy (non-hydrogen) atoms. The summed E-state index contributed by atoms with van der Waals surface area (Å²) in [5.41, 5.74) is 2.18. The van der Waals surface area contributed by atoms with Crippen LogP contribution >= 0.6 is 11.6 Å². The molecule has 0 fully saturated rings. The molecule has 1 heterocycles. The van der Waals surface area contributed by atoms with Crippen molar-refractivity contribution in [2.24, 2.45) is 4.99 Å². The van der Waals surface area contributed by atoms with E-state index in [-0.39, 0.29) is 6.17 Å². The molecular weight excluding hydrogens is 222 g/mol. The van der Waals surface area contributed by atoms with Gasteiger partial charge >= 0.3 is 0 Å². The van der Waals surface area contributed by atoms with Crippen molar-refractivity contribution in [3.8, 4) is 0 Å². The van der Waals surface area contributed by atoms with Crippen LogP contribution in [-0.4, -0.2) is 23.9 Å². The maximum absolute atomic E-state index is 5.93. The van der Waals surface area contributed by atoms with Gasteiger partial charge in [-0.25, -0.2) is 0 Å². The van der Waals surface area contributed by atoms with E-state index < -0.39 is 0 Å². The Morgan fingerprint density at radius 2 is 2.31 bits per heavy atom. The SMILES string of the molecule is C=[N+]1C(CC)N=CN1c1ccc(Cl)cc1C. The third kappa shape index (κ3) is 1.83. The molecule has 1 aromatic rings. The molecule has 0 N–H and O–H groups in total. The zero-order valence-corrected chi connectivity index (χ0v) is 10.3. The summed E-state index contributed by atoms with van der Waals surface area (Å²) in [6.45, 7) is 8.14. The third-order valence-corrected chi connectivity index (χ3v) is 2.97. The van der Waals surface area contributed by atoms with Crippen LogP contribution in [-0.2, 0) is 0 Å². The average Bonchev–Trinajstić information content (AvgIpc) is 2.60. The number of halogens is 1. The van der Waals surface area contributed by atoms with Gasteiger partial charge in [-0.3, -0.25) is 0 Å². The molecule has 0 saturated heterocycles. The molecule has 4 heteroatoms. The van der Waals surface area contributed by atoms with Gasteiger partial charge < -0.3 is 0 Å². The van der Waals surface area contributed by atoms with Crippen molar-refractivity contribution in [2.45, 2.75) is 26.4 Å². The molecule has 84 valence electrons. The summed E-state index contributed by atoms with van der Waals surface area (Å²) in [5, 5.41) is 2.71.